The van der Waals surface area contributed by atoms with Crippen molar-refractivity contribution < 1.29 is 17.9 Å². The fraction of sp³-hybridized carbons (Fsp3) is 0.350. The zero-order chi connectivity index (χ0) is 20.9. The molecule has 0 aliphatic rings. The molecule has 1 amide bonds. The van der Waals surface area contributed by atoms with Crippen molar-refractivity contribution >= 4 is 31.9 Å². The maximum Gasteiger partial charge on any atom is 0.247 e. The van der Waals surface area contributed by atoms with Gasteiger partial charge in [0.1, 0.15) is 10.6 Å². The molecule has 1 atom stereocenters. The summed E-state index contributed by atoms with van der Waals surface area (Å²) in [7, 11) is -2.45. The lowest BCUT2D eigenvalue weighted by molar-refractivity contribution is -0.121. The fourth-order valence-corrected chi connectivity index (χ4v) is 4.68. The Morgan fingerprint density at radius 2 is 1.86 bits per heavy atom. The Kier molecular flexibility index (Phi) is 7.63. The van der Waals surface area contributed by atoms with E-state index in [0.29, 0.717) is 0 Å². The second-order valence-electron chi connectivity index (χ2n) is 6.43. The molecule has 6 nitrogen and oxygen atoms in total. The maximum atomic E-state index is 13.1. The van der Waals surface area contributed by atoms with Crippen molar-refractivity contribution in [1.82, 2.24) is 9.62 Å². The van der Waals surface area contributed by atoms with Crippen LogP contribution in [0.4, 0.5) is 0 Å². The topological polar surface area (TPSA) is 75.7 Å². The molecule has 28 heavy (non-hydrogen) atoms. The van der Waals surface area contributed by atoms with Gasteiger partial charge in [0, 0.05) is 11.0 Å². The van der Waals surface area contributed by atoms with E-state index in [0.717, 1.165) is 19.9 Å². The molecule has 8 heteroatoms. The quantitative estimate of drug-likeness (QED) is 0.641. The summed E-state index contributed by atoms with van der Waals surface area (Å²) in [4.78, 5) is 12.6. The number of carbonyl (C=O) groups is 1. The molecule has 0 aliphatic carbocycles. The SMILES string of the molecule is CCN(CC(=O)NC(C)c1ccc(Br)cc1)S(=O)(=O)c1cc(C)ccc1OC. The molecular weight excluding hydrogens is 444 g/mol. The van der Waals surface area contributed by atoms with Gasteiger partial charge in [-0.3, -0.25) is 4.79 Å². The van der Waals surface area contributed by atoms with E-state index in [-0.39, 0.29) is 35.7 Å². The zero-order valence-electron chi connectivity index (χ0n) is 16.4. The van der Waals surface area contributed by atoms with Crippen molar-refractivity contribution in [3.8, 4) is 5.75 Å². The fourth-order valence-electron chi connectivity index (χ4n) is 2.77. The zero-order valence-corrected chi connectivity index (χ0v) is 18.8. The lowest BCUT2D eigenvalue weighted by Gasteiger charge is -2.23. The van der Waals surface area contributed by atoms with Gasteiger partial charge in [0.25, 0.3) is 0 Å². The van der Waals surface area contributed by atoms with Crippen molar-refractivity contribution in [3.63, 3.8) is 0 Å². The number of hydrogen-bond acceptors (Lipinski definition) is 4. The highest BCUT2D eigenvalue weighted by Crippen LogP contribution is 2.27. The van der Waals surface area contributed by atoms with E-state index in [2.05, 4.69) is 21.2 Å². The predicted octanol–water partition coefficient (Wildman–Crippen LogP) is 3.65. The van der Waals surface area contributed by atoms with Gasteiger partial charge in [0.05, 0.1) is 19.7 Å². The third kappa shape index (κ3) is 5.33. The minimum absolute atomic E-state index is 0.0607. The minimum Gasteiger partial charge on any atom is -0.495 e. The number of methoxy groups -OCH3 is 1. The Morgan fingerprint density at radius 1 is 1.21 bits per heavy atom. The standard InChI is InChI=1S/C20H25BrN2O4S/c1-5-23(28(25,26)19-12-14(2)6-11-18(19)27-4)13-20(24)22-15(3)16-7-9-17(21)10-8-16/h6-12,15H,5,13H2,1-4H3,(H,22,24). The number of nitrogens with zero attached hydrogens (tertiary/aromatic N) is 1. The first-order valence-electron chi connectivity index (χ1n) is 8.88. The third-order valence-electron chi connectivity index (χ3n) is 4.36. The molecule has 0 bridgehead atoms. The number of ether oxygens (including phenoxy) is 1. The number of halogens is 1. The van der Waals surface area contributed by atoms with Crippen LogP contribution in [0, 0.1) is 6.92 Å². The van der Waals surface area contributed by atoms with Gasteiger partial charge in [0.2, 0.25) is 15.9 Å². The number of likely N-dealkylation sites (N-methyl/N-ethyl adjacent to an activating group) is 1. The summed E-state index contributed by atoms with van der Waals surface area (Å²) in [5.41, 5.74) is 1.73. The predicted molar refractivity (Wildman–Crippen MR) is 113 cm³/mol. The Morgan fingerprint density at radius 3 is 2.43 bits per heavy atom. The third-order valence-corrected chi connectivity index (χ3v) is 6.83. The molecule has 2 aromatic carbocycles. The lowest BCUT2D eigenvalue weighted by Crippen LogP contribution is -2.41. The van der Waals surface area contributed by atoms with Crippen LogP contribution in [0.25, 0.3) is 0 Å². The summed E-state index contributed by atoms with van der Waals surface area (Å²) in [5.74, 6) is -0.111. The summed E-state index contributed by atoms with van der Waals surface area (Å²) >= 11 is 3.38. The van der Waals surface area contributed by atoms with Crippen LogP contribution in [-0.2, 0) is 14.8 Å². The molecule has 0 heterocycles. The van der Waals surface area contributed by atoms with E-state index < -0.39 is 10.0 Å². The summed E-state index contributed by atoms with van der Waals surface area (Å²) in [5, 5.41) is 2.85. The van der Waals surface area contributed by atoms with Gasteiger partial charge in [-0.1, -0.05) is 41.1 Å². The molecule has 0 aromatic heterocycles. The average Bonchev–Trinajstić information content (AvgIpc) is 2.66. The van der Waals surface area contributed by atoms with Gasteiger partial charge >= 0.3 is 0 Å². The van der Waals surface area contributed by atoms with Gasteiger partial charge in [-0.25, -0.2) is 8.42 Å². The van der Waals surface area contributed by atoms with Crippen LogP contribution >= 0.6 is 15.9 Å². The molecule has 0 radical (unpaired) electrons. The molecule has 0 fully saturated rings. The highest BCUT2D eigenvalue weighted by molar-refractivity contribution is 9.10. The van der Waals surface area contributed by atoms with Crippen LogP contribution in [0.15, 0.2) is 51.8 Å². The van der Waals surface area contributed by atoms with E-state index in [9.17, 15) is 13.2 Å². The molecule has 1 unspecified atom stereocenters. The molecule has 152 valence electrons. The molecule has 2 rings (SSSR count). The van der Waals surface area contributed by atoms with Gasteiger partial charge < -0.3 is 10.1 Å². The van der Waals surface area contributed by atoms with Crippen molar-refractivity contribution in [2.45, 2.75) is 31.7 Å². The van der Waals surface area contributed by atoms with E-state index in [1.165, 1.54) is 7.11 Å². The van der Waals surface area contributed by atoms with Crippen molar-refractivity contribution in [1.29, 1.82) is 0 Å². The number of carbonyl (C=O) groups excluding carboxylic acids is 1. The summed E-state index contributed by atoms with van der Waals surface area (Å²) in [6, 6.07) is 12.3. The summed E-state index contributed by atoms with van der Waals surface area (Å²) < 4.78 is 33.5. The molecular formula is C20H25BrN2O4S. The normalized spacial score (nSPS) is 12.6. The van der Waals surface area contributed by atoms with E-state index >= 15 is 0 Å². The minimum atomic E-state index is -3.88. The number of amides is 1. The van der Waals surface area contributed by atoms with Gasteiger partial charge in [-0.2, -0.15) is 4.31 Å². The number of nitrogens with one attached hydrogen (secondary N) is 1. The molecule has 0 saturated carbocycles. The highest BCUT2D eigenvalue weighted by Gasteiger charge is 2.28. The monoisotopic (exact) mass is 468 g/mol. The van der Waals surface area contributed by atoms with E-state index in [1.807, 2.05) is 31.2 Å². The van der Waals surface area contributed by atoms with Gasteiger partial charge in [-0.15, -0.1) is 0 Å². The Hall–Kier alpha value is -1.90. The summed E-state index contributed by atoms with van der Waals surface area (Å²) in [6.45, 7) is 5.26. The molecule has 2 aromatic rings. The van der Waals surface area contributed by atoms with Crippen LogP contribution < -0.4 is 10.1 Å². The van der Waals surface area contributed by atoms with Crippen LogP contribution in [0.1, 0.15) is 31.0 Å². The van der Waals surface area contributed by atoms with Crippen LogP contribution in [0.2, 0.25) is 0 Å². The van der Waals surface area contributed by atoms with Crippen molar-refractivity contribution in [2.75, 3.05) is 20.2 Å². The van der Waals surface area contributed by atoms with E-state index in [1.54, 1.807) is 32.0 Å². The number of rotatable bonds is 8. The Balaban J connectivity index is 2.17. The van der Waals surface area contributed by atoms with Crippen molar-refractivity contribution in [2.24, 2.45) is 0 Å². The van der Waals surface area contributed by atoms with E-state index in [4.69, 9.17) is 4.74 Å². The second kappa shape index (κ2) is 9.54. The first-order valence-corrected chi connectivity index (χ1v) is 11.1. The summed E-state index contributed by atoms with van der Waals surface area (Å²) in [6.07, 6.45) is 0. The molecule has 0 spiro atoms. The number of sulfonamides is 1. The first kappa shape index (κ1) is 22.4. The maximum absolute atomic E-state index is 13.1. The lowest BCUT2D eigenvalue weighted by atomic mass is 10.1. The average molecular weight is 469 g/mol. The molecule has 1 N–H and O–H groups in total. The van der Waals surface area contributed by atoms with Crippen LogP contribution in [-0.4, -0.2) is 38.8 Å². The van der Waals surface area contributed by atoms with Crippen LogP contribution in [0.5, 0.6) is 5.75 Å². The smallest absolute Gasteiger partial charge is 0.247 e. The van der Waals surface area contributed by atoms with Gasteiger partial charge in [-0.05, 0) is 49.2 Å². The number of hydrogen-bond donors (Lipinski definition) is 1. The first-order chi connectivity index (χ1) is 13.2. The van der Waals surface area contributed by atoms with Crippen LogP contribution in [0.3, 0.4) is 0 Å². The molecule has 0 aliphatic heterocycles. The Bertz CT molecular complexity index is 930. The van der Waals surface area contributed by atoms with Gasteiger partial charge in [0.15, 0.2) is 0 Å². The number of aryl methyl sites for hydroxylation is 1. The van der Waals surface area contributed by atoms with Crippen molar-refractivity contribution in [3.05, 3.63) is 58.1 Å². The number of benzene rings is 2. The molecule has 0 saturated heterocycles. The Labute approximate surface area is 175 Å². The highest BCUT2D eigenvalue weighted by atomic mass is 79.9. The largest absolute Gasteiger partial charge is 0.495 e. The second-order valence-corrected chi connectivity index (χ2v) is 9.25.